The van der Waals surface area contributed by atoms with Crippen LogP contribution >= 0.6 is 0 Å². The van der Waals surface area contributed by atoms with E-state index in [1.807, 2.05) is 15.7 Å². The fourth-order valence-electron chi connectivity index (χ4n) is 3.33. The van der Waals surface area contributed by atoms with Crippen LogP contribution in [0.25, 0.3) is 0 Å². The second-order valence-electron chi connectivity index (χ2n) is 5.36. The molecule has 2 bridgehead atoms. The first-order chi connectivity index (χ1) is 8.74. The highest BCUT2D eigenvalue weighted by molar-refractivity contribution is 5.77. The zero-order valence-electron chi connectivity index (χ0n) is 10.4. The van der Waals surface area contributed by atoms with Gasteiger partial charge in [-0.25, -0.2) is 4.98 Å². The lowest BCUT2D eigenvalue weighted by atomic mass is 9.99. The molecule has 2 aliphatic heterocycles. The summed E-state index contributed by atoms with van der Waals surface area (Å²) in [5.74, 6) is 0.225. The maximum Gasteiger partial charge on any atom is 0.224 e. The SMILES string of the molecule is O=C(CCn1ccnc1)N1C2CCC1CC(O)C2. The molecule has 0 spiro atoms. The average Bonchev–Trinajstić information content (AvgIpc) is 2.94. The summed E-state index contributed by atoms with van der Waals surface area (Å²) in [6, 6.07) is 0.545. The monoisotopic (exact) mass is 249 g/mol. The minimum atomic E-state index is -0.208. The van der Waals surface area contributed by atoms with Crippen molar-refractivity contribution in [3.63, 3.8) is 0 Å². The minimum Gasteiger partial charge on any atom is -0.393 e. The molecule has 0 aliphatic carbocycles. The van der Waals surface area contributed by atoms with E-state index in [0.717, 1.165) is 25.7 Å². The molecular weight excluding hydrogens is 230 g/mol. The van der Waals surface area contributed by atoms with Gasteiger partial charge in [0.15, 0.2) is 0 Å². The van der Waals surface area contributed by atoms with Gasteiger partial charge in [0.2, 0.25) is 5.91 Å². The van der Waals surface area contributed by atoms with Crippen molar-refractivity contribution in [2.45, 2.75) is 56.8 Å². The molecule has 5 nitrogen and oxygen atoms in total. The lowest BCUT2D eigenvalue weighted by Gasteiger charge is -2.37. The lowest BCUT2D eigenvalue weighted by molar-refractivity contribution is -0.137. The molecule has 3 rings (SSSR count). The van der Waals surface area contributed by atoms with Gasteiger partial charge in [-0.1, -0.05) is 0 Å². The number of aromatic nitrogens is 2. The van der Waals surface area contributed by atoms with E-state index < -0.39 is 0 Å². The number of aliphatic hydroxyl groups is 1. The number of carbonyl (C=O) groups excluding carboxylic acids is 1. The predicted octanol–water partition coefficient (Wildman–Crippen LogP) is 0.788. The number of rotatable bonds is 3. The quantitative estimate of drug-likeness (QED) is 0.861. The van der Waals surface area contributed by atoms with Crippen LogP contribution in [0.3, 0.4) is 0 Å². The first-order valence-electron chi connectivity index (χ1n) is 6.69. The molecule has 5 heteroatoms. The smallest absolute Gasteiger partial charge is 0.224 e. The number of hydrogen-bond donors (Lipinski definition) is 1. The van der Waals surface area contributed by atoms with Gasteiger partial charge in [0.25, 0.3) is 0 Å². The van der Waals surface area contributed by atoms with E-state index in [-0.39, 0.29) is 24.1 Å². The number of imidazole rings is 1. The van der Waals surface area contributed by atoms with Gasteiger partial charge in [-0.05, 0) is 25.7 Å². The van der Waals surface area contributed by atoms with Crippen molar-refractivity contribution in [1.29, 1.82) is 0 Å². The zero-order chi connectivity index (χ0) is 12.5. The number of fused-ring (bicyclic) bond motifs is 2. The predicted molar refractivity (Wildman–Crippen MR) is 65.7 cm³/mol. The van der Waals surface area contributed by atoms with Crippen LogP contribution in [0, 0.1) is 0 Å². The molecular formula is C13H19N3O2. The number of aliphatic hydroxyl groups excluding tert-OH is 1. The summed E-state index contributed by atoms with van der Waals surface area (Å²) >= 11 is 0. The zero-order valence-corrected chi connectivity index (χ0v) is 10.4. The fourth-order valence-corrected chi connectivity index (χ4v) is 3.33. The first-order valence-corrected chi connectivity index (χ1v) is 6.69. The molecule has 2 saturated heterocycles. The van der Waals surface area contributed by atoms with Crippen LogP contribution in [-0.2, 0) is 11.3 Å². The fraction of sp³-hybridized carbons (Fsp3) is 0.692. The van der Waals surface area contributed by atoms with Crippen LogP contribution in [-0.4, -0.2) is 43.7 Å². The Balaban J connectivity index is 1.60. The molecule has 1 aromatic rings. The third-order valence-electron chi connectivity index (χ3n) is 4.14. The number of piperidine rings is 1. The third-order valence-corrected chi connectivity index (χ3v) is 4.14. The van der Waals surface area contributed by atoms with E-state index in [2.05, 4.69) is 4.98 Å². The number of amides is 1. The summed E-state index contributed by atoms with van der Waals surface area (Å²) in [4.78, 5) is 18.3. The van der Waals surface area contributed by atoms with E-state index >= 15 is 0 Å². The summed E-state index contributed by atoms with van der Waals surface area (Å²) in [5.41, 5.74) is 0. The molecule has 1 N–H and O–H groups in total. The molecule has 0 saturated carbocycles. The number of carbonyl (C=O) groups is 1. The molecule has 0 aromatic carbocycles. The highest BCUT2D eigenvalue weighted by Crippen LogP contribution is 2.36. The summed E-state index contributed by atoms with van der Waals surface area (Å²) < 4.78 is 1.93. The van der Waals surface area contributed by atoms with Gasteiger partial charge in [-0.3, -0.25) is 4.79 Å². The minimum absolute atomic E-state index is 0.208. The van der Waals surface area contributed by atoms with Crippen molar-refractivity contribution in [3.8, 4) is 0 Å². The molecule has 2 atom stereocenters. The Kier molecular flexibility index (Phi) is 3.07. The molecule has 2 fully saturated rings. The normalized spacial score (nSPS) is 30.7. The standard InChI is InChI=1S/C13H19N3O2/c17-12-7-10-1-2-11(8-12)16(10)13(18)3-5-15-6-4-14-9-15/h4,6,9-12,17H,1-3,5,7-8H2. The summed E-state index contributed by atoms with van der Waals surface area (Å²) in [5, 5.41) is 9.72. The number of hydrogen-bond acceptors (Lipinski definition) is 3. The van der Waals surface area contributed by atoms with Gasteiger partial charge < -0.3 is 14.6 Å². The summed E-state index contributed by atoms with van der Waals surface area (Å²) in [6.07, 6.45) is 9.28. The van der Waals surface area contributed by atoms with Crippen molar-refractivity contribution in [2.75, 3.05) is 0 Å². The van der Waals surface area contributed by atoms with Crippen molar-refractivity contribution in [1.82, 2.24) is 14.5 Å². The van der Waals surface area contributed by atoms with Crippen LogP contribution in [0.5, 0.6) is 0 Å². The van der Waals surface area contributed by atoms with E-state index in [4.69, 9.17) is 0 Å². The van der Waals surface area contributed by atoms with Gasteiger partial charge in [0.1, 0.15) is 0 Å². The molecule has 98 valence electrons. The molecule has 2 unspecified atom stereocenters. The number of nitrogens with zero attached hydrogens (tertiary/aromatic N) is 3. The average molecular weight is 249 g/mol. The molecule has 3 heterocycles. The highest BCUT2D eigenvalue weighted by atomic mass is 16.3. The van der Waals surface area contributed by atoms with Crippen molar-refractivity contribution < 1.29 is 9.90 Å². The lowest BCUT2D eigenvalue weighted by Crippen LogP contribution is -2.48. The Morgan fingerprint density at radius 3 is 2.67 bits per heavy atom. The Hall–Kier alpha value is -1.36. The molecule has 18 heavy (non-hydrogen) atoms. The van der Waals surface area contributed by atoms with Crippen molar-refractivity contribution >= 4 is 5.91 Å². The van der Waals surface area contributed by atoms with Crippen LogP contribution in [0.2, 0.25) is 0 Å². The van der Waals surface area contributed by atoms with Crippen molar-refractivity contribution in [3.05, 3.63) is 18.7 Å². The number of aryl methyl sites for hydroxylation is 1. The largest absolute Gasteiger partial charge is 0.393 e. The second kappa shape index (κ2) is 4.72. The Morgan fingerprint density at radius 2 is 2.06 bits per heavy atom. The molecule has 1 aromatic heterocycles. The Labute approximate surface area is 106 Å². The van der Waals surface area contributed by atoms with E-state index in [9.17, 15) is 9.90 Å². The topological polar surface area (TPSA) is 58.4 Å². The van der Waals surface area contributed by atoms with Crippen LogP contribution in [0.1, 0.15) is 32.1 Å². The van der Waals surface area contributed by atoms with Crippen LogP contribution < -0.4 is 0 Å². The van der Waals surface area contributed by atoms with Crippen LogP contribution in [0.4, 0.5) is 0 Å². The Bertz CT molecular complexity index is 404. The third kappa shape index (κ3) is 2.14. The van der Waals surface area contributed by atoms with Gasteiger partial charge in [0, 0.05) is 37.4 Å². The van der Waals surface area contributed by atoms with Gasteiger partial charge in [0.05, 0.1) is 12.4 Å². The maximum atomic E-state index is 12.3. The van der Waals surface area contributed by atoms with E-state index in [1.54, 1.807) is 12.5 Å². The Morgan fingerprint density at radius 1 is 1.33 bits per heavy atom. The van der Waals surface area contributed by atoms with Crippen molar-refractivity contribution in [2.24, 2.45) is 0 Å². The maximum absolute atomic E-state index is 12.3. The van der Waals surface area contributed by atoms with E-state index in [1.165, 1.54) is 0 Å². The van der Waals surface area contributed by atoms with Crippen LogP contribution in [0.15, 0.2) is 18.7 Å². The second-order valence-corrected chi connectivity index (χ2v) is 5.36. The van der Waals surface area contributed by atoms with E-state index in [0.29, 0.717) is 13.0 Å². The van der Waals surface area contributed by atoms with Gasteiger partial charge in [-0.15, -0.1) is 0 Å². The molecule has 1 amide bonds. The van der Waals surface area contributed by atoms with Gasteiger partial charge >= 0.3 is 0 Å². The molecule has 0 radical (unpaired) electrons. The summed E-state index contributed by atoms with van der Waals surface area (Å²) in [7, 11) is 0. The first kappa shape index (κ1) is 11.7. The molecule has 2 aliphatic rings. The van der Waals surface area contributed by atoms with Gasteiger partial charge in [-0.2, -0.15) is 0 Å². The highest BCUT2D eigenvalue weighted by Gasteiger charge is 2.42. The summed E-state index contributed by atoms with van der Waals surface area (Å²) in [6.45, 7) is 0.692.